The molecular formula is C26H26N8O. The van der Waals surface area contributed by atoms with Crippen LogP contribution in [0, 0.1) is 17.2 Å². The number of pyridine rings is 1. The maximum atomic E-state index is 9.18. The third-order valence-corrected chi connectivity index (χ3v) is 6.10. The molecule has 5 rings (SSSR count). The monoisotopic (exact) mass is 466 g/mol. The van der Waals surface area contributed by atoms with Crippen LogP contribution in [0.5, 0.6) is 0 Å². The molecule has 4 aromatic rings. The summed E-state index contributed by atoms with van der Waals surface area (Å²) < 4.78 is 7.62. The highest BCUT2D eigenvalue weighted by atomic mass is 16.5. The molecule has 3 aromatic heterocycles. The predicted molar refractivity (Wildman–Crippen MR) is 131 cm³/mol. The summed E-state index contributed by atoms with van der Waals surface area (Å²) >= 11 is 0. The fourth-order valence-electron chi connectivity index (χ4n) is 4.36. The number of hydrogen-bond donors (Lipinski definition) is 1. The molecule has 0 amide bonds. The lowest BCUT2D eigenvalue weighted by atomic mass is 10.1. The van der Waals surface area contributed by atoms with Gasteiger partial charge in [-0.1, -0.05) is 36.3 Å². The standard InChI is InChI=1S/C26H26N8O/c27-13-19-7-3-8-20(11-19)23-12-24(31-26(28)30-23)25-15-34(33-32-25)14-21-9-4-10-22(29-21)17-35-16-18-5-1-2-6-18/h3-4,7-12,15,18H,1-2,5-6,14,16-17H2,(H2,28,30,31). The van der Waals surface area contributed by atoms with Crippen molar-refractivity contribution in [2.45, 2.75) is 38.8 Å². The molecule has 1 aliphatic carbocycles. The van der Waals surface area contributed by atoms with Crippen molar-refractivity contribution in [2.75, 3.05) is 12.3 Å². The Balaban J connectivity index is 1.28. The molecule has 0 unspecified atom stereocenters. The molecule has 2 N–H and O–H groups in total. The van der Waals surface area contributed by atoms with E-state index in [0.717, 1.165) is 23.6 Å². The van der Waals surface area contributed by atoms with Crippen molar-refractivity contribution in [3.63, 3.8) is 0 Å². The molecule has 3 heterocycles. The summed E-state index contributed by atoms with van der Waals surface area (Å²) in [6.07, 6.45) is 6.99. The maximum absolute atomic E-state index is 9.18. The van der Waals surface area contributed by atoms with Gasteiger partial charge < -0.3 is 10.5 Å². The van der Waals surface area contributed by atoms with Gasteiger partial charge in [-0.15, -0.1) is 5.10 Å². The van der Waals surface area contributed by atoms with Gasteiger partial charge in [0, 0.05) is 12.2 Å². The number of hydrogen-bond acceptors (Lipinski definition) is 8. The first-order valence-electron chi connectivity index (χ1n) is 11.7. The molecule has 0 spiro atoms. The van der Waals surface area contributed by atoms with Gasteiger partial charge in [-0.3, -0.25) is 4.98 Å². The Bertz CT molecular complexity index is 1350. The molecule has 1 fully saturated rings. The molecule has 1 saturated carbocycles. The summed E-state index contributed by atoms with van der Waals surface area (Å²) in [5.74, 6) is 0.819. The highest BCUT2D eigenvalue weighted by Gasteiger charge is 2.15. The van der Waals surface area contributed by atoms with Gasteiger partial charge in [0.1, 0.15) is 5.69 Å². The van der Waals surface area contributed by atoms with Crippen LogP contribution in [0.4, 0.5) is 5.95 Å². The van der Waals surface area contributed by atoms with Crippen LogP contribution in [0.25, 0.3) is 22.6 Å². The summed E-state index contributed by atoms with van der Waals surface area (Å²) in [6, 6.07) is 17.1. The van der Waals surface area contributed by atoms with Crippen LogP contribution in [0.15, 0.2) is 54.7 Å². The Hall–Kier alpha value is -4.16. The second-order valence-electron chi connectivity index (χ2n) is 8.78. The van der Waals surface area contributed by atoms with Crippen molar-refractivity contribution in [3.8, 4) is 28.7 Å². The summed E-state index contributed by atoms with van der Waals surface area (Å²) in [5, 5.41) is 17.7. The van der Waals surface area contributed by atoms with E-state index in [1.807, 2.05) is 36.5 Å². The number of ether oxygens (including phenoxy) is 1. The van der Waals surface area contributed by atoms with Gasteiger partial charge in [-0.25, -0.2) is 14.6 Å². The highest BCUT2D eigenvalue weighted by Crippen LogP contribution is 2.25. The molecule has 0 radical (unpaired) electrons. The number of nitrogens with two attached hydrogens (primary N) is 1. The zero-order valence-electron chi connectivity index (χ0n) is 19.3. The second-order valence-corrected chi connectivity index (χ2v) is 8.78. The molecule has 0 aliphatic heterocycles. The van der Waals surface area contributed by atoms with E-state index in [9.17, 15) is 5.26 Å². The van der Waals surface area contributed by atoms with Crippen LogP contribution < -0.4 is 5.73 Å². The van der Waals surface area contributed by atoms with Crippen molar-refractivity contribution < 1.29 is 4.74 Å². The quantitative estimate of drug-likeness (QED) is 0.412. The average Bonchev–Trinajstić information content (AvgIpc) is 3.57. The van der Waals surface area contributed by atoms with Crippen molar-refractivity contribution in [1.82, 2.24) is 29.9 Å². The second kappa shape index (κ2) is 10.4. The Morgan fingerprint density at radius 2 is 1.77 bits per heavy atom. The normalized spacial score (nSPS) is 13.7. The molecular weight excluding hydrogens is 440 g/mol. The van der Waals surface area contributed by atoms with E-state index in [0.29, 0.717) is 41.7 Å². The summed E-state index contributed by atoms with van der Waals surface area (Å²) in [4.78, 5) is 13.4. The third-order valence-electron chi connectivity index (χ3n) is 6.10. The molecule has 0 atom stereocenters. The SMILES string of the molecule is N#Cc1cccc(-c2cc(-c3cn(Cc4cccc(COCC5CCCC5)n4)nn3)nc(N)n2)c1. The lowest BCUT2D eigenvalue weighted by Crippen LogP contribution is -2.08. The highest BCUT2D eigenvalue weighted by molar-refractivity contribution is 5.68. The van der Waals surface area contributed by atoms with Crippen molar-refractivity contribution in [2.24, 2.45) is 5.92 Å². The van der Waals surface area contributed by atoms with E-state index in [1.54, 1.807) is 22.9 Å². The number of nitriles is 1. The zero-order chi connectivity index (χ0) is 24.0. The number of nitrogen functional groups attached to an aromatic ring is 1. The van der Waals surface area contributed by atoms with Gasteiger partial charge in [-0.2, -0.15) is 5.26 Å². The molecule has 1 aromatic carbocycles. The summed E-state index contributed by atoms with van der Waals surface area (Å²) in [7, 11) is 0. The molecule has 1 aliphatic rings. The van der Waals surface area contributed by atoms with E-state index < -0.39 is 0 Å². The number of nitrogens with zero attached hydrogens (tertiary/aromatic N) is 7. The Morgan fingerprint density at radius 3 is 2.63 bits per heavy atom. The summed E-state index contributed by atoms with van der Waals surface area (Å²) in [5.41, 5.74) is 10.8. The minimum Gasteiger partial charge on any atom is -0.375 e. The molecule has 35 heavy (non-hydrogen) atoms. The van der Waals surface area contributed by atoms with Crippen molar-refractivity contribution >= 4 is 5.95 Å². The van der Waals surface area contributed by atoms with Gasteiger partial charge in [0.25, 0.3) is 0 Å². The largest absolute Gasteiger partial charge is 0.375 e. The first-order chi connectivity index (χ1) is 17.2. The number of aromatic nitrogens is 6. The van der Waals surface area contributed by atoms with Crippen LogP contribution >= 0.6 is 0 Å². The van der Waals surface area contributed by atoms with Crippen LogP contribution in [0.2, 0.25) is 0 Å². The molecule has 176 valence electrons. The predicted octanol–water partition coefficient (Wildman–Crippen LogP) is 4.01. The van der Waals surface area contributed by atoms with Crippen LogP contribution in [0.3, 0.4) is 0 Å². The fraction of sp³-hybridized carbons (Fsp3) is 0.308. The molecule has 9 nitrogen and oxygen atoms in total. The first kappa shape index (κ1) is 22.6. The van der Waals surface area contributed by atoms with Crippen LogP contribution in [-0.4, -0.2) is 36.6 Å². The molecule has 0 bridgehead atoms. The smallest absolute Gasteiger partial charge is 0.221 e. The zero-order valence-corrected chi connectivity index (χ0v) is 19.3. The van der Waals surface area contributed by atoms with Gasteiger partial charge in [0.05, 0.1) is 53.8 Å². The van der Waals surface area contributed by atoms with Crippen molar-refractivity contribution in [3.05, 3.63) is 71.7 Å². The average molecular weight is 467 g/mol. The Labute approximate surface area is 203 Å². The van der Waals surface area contributed by atoms with Crippen LogP contribution in [0.1, 0.15) is 42.6 Å². The topological polar surface area (TPSA) is 128 Å². The van der Waals surface area contributed by atoms with Gasteiger partial charge >= 0.3 is 0 Å². The van der Waals surface area contributed by atoms with E-state index in [1.165, 1.54) is 25.7 Å². The number of rotatable bonds is 8. The third kappa shape index (κ3) is 5.67. The van der Waals surface area contributed by atoms with Crippen LogP contribution in [-0.2, 0) is 17.9 Å². The van der Waals surface area contributed by atoms with E-state index in [4.69, 9.17) is 15.5 Å². The summed E-state index contributed by atoms with van der Waals surface area (Å²) in [6.45, 7) is 1.80. The van der Waals surface area contributed by atoms with Gasteiger partial charge in [0.2, 0.25) is 5.95 Å². The van der Waals surface area contributed by atoms with E-state index in [2.05, 4.69) is 26.3 Å². The maximum Gasteiger partial charge on any atom is 0.221 e. The fourth-order valence-corrected chi connectivity index (χ4v) is 4.36. The lowest BCUT2D eigenvalue weighted by Gasteiger charge is -2.10. The Kier molecular flexibility index (Phi) is 6.73. The van der Waals surface area contributed by atoms with E-state index in [-0.39, 0.29) is 5.95 Å². The van der Waals surface area contributed by atoms with Gasteiger partial charge in [-0.05, 0) is 49.1 Å². The minimum absolute atomic E-state index is 0.126. The molecule has 0 saturated heterocycles. The lowest BCUT2D eigenvalue weighted by molar-refractivity contribution is 0.0866. The number of benzene rings is 1. The minimum atomic E-state index is 0.126. The molecule has 9 heteroatoms. The van der Waals surface area contributed by atoms with Crippen molar-refractivity contribution in [1.29, 1.82) is 5.26 Å². The van der Waals surface area contributed by atoms with Gasteiger partial charge in [0.15, 0.2) is 0 Å². The Morgan fingerprint density at radius 1 is 0.971 bits per heavy atom. The number of anilines is 1. The first-order valence-corrected chi connectivity index (χ1v) is 11.7. The van der Waals surface area contributed by atoms with E-state index >= 15 is 0 Å².